The third kappa shape index (κ3) is 3.89. The van der Waals surface area contributed by atoms with Crippen molar-refractivity contribution in [3.63, 3.8) is 0 Å². The predicted molar refractivity (Wildman–Crippen MR) is 115 cm³/mol. The number of nitrogens with zero attached hydrogens (tertiary/aromatic N) is 2. The van der Waals surface area contributed by atoms with Crippen LogP contribution in [0.3, 0.4) is 0 Å². The highest BCUT2D eigenvalue weighted by Crippen LogP contribution is 2.33. The van der Waals surface area contributed by atoms with E-state index in [9.17, 15) is 14.4 Å². The topological polar surface area (TPSA) is 81.8 Å². The van der Waals surface area contributed by atoms with Gasteiger partial charge in [-0.15, -0.1) is 0 Å². The van der Waals surface area contributed by atoms with E-state index in [4.69, 9.17) is 0 Å². The predicted octanol–water partition coefficient (Wildman–Crippen LogP) is 2.51. The van der Waals surface area contributed by atoms with Crippen LogP contribution in [0.25, 0.3) is 0 Å². The first-order valence-corrected chi connectivity index (χ1v) is 11.1. The summed E-state index contributed by atoms with van der Waals surface area (Å²) in [7, 11) is 0. The number of piperidine rings is 1. The first-order valence-electron chi connectivity index (χ1n) is 11.1. The Morgan fingerprint density at radius 3 is 2.77 bits per heavy atom. The maximum Gasteiger partial charge on any atom is 0.255 e. The number of amides is 3. The summed E-state index contributed by atoms with van der Waals surface area (Å²) in [4.78, 5) is 42.3. The van der Waals surface area contributed by atoms with E-state index in [0.29, 0.717) is 37.3 Å². The van der Waals surface area contributed by atoms with Crippen molar-refractivity contribution in [2.24, 2.45) is 5.92 Å². The van der Waals surface area contributed by atoms with Crippen molar-refractivity contribution in [1.29, 1.82) is 0 Å². The number of benzene rings is 1. The number of carbonyl (C=O) groups is 3. The fourth-order valence-corrected chi connectivity index (χ4v) is 5.00. The van der Waals surface area contributed by atoms with Gasteiger partial charge in [0, 0.05) is 38.2 Å². The molecule has 4 rings (SSSR count). The quantitative estimate of drug-likeness (QED) is 0.782. The number of hydrogen-bond acceptors (Lipinski definition) is 4. The van der Waals surface area contributed by atoms with Gasteiger partial charge in [-0.1, -0.05) is 13.0 Å². The Balaban J connectivity index is 1.49. The third-order valence-corrected chi connectivity index (χ3v) is 6.81. The lowest BCUT2D eigenvalue weighted by molar-refractivity contribution is -0.145. The number of hydrogen-bond donors (Lipinski definition) is 2. The van der Waals surface area contributed by atoms with Gasteiger partial charge in [0.15, 0.2) is 0 Å². The lowest BCUT2D eigenvalue weighted by atomic mass is 9.94. The molecule has 2 saturated heterocycles. The molecular weight excluding hydrogens is 380 g/mol. The molecule has 3 aliphatic heterocycles. The number of rotatable bonds is 2. The monoisotopic (exact) mass is 412 g/mol. The number of aryl methyl sites for hydroxylation is 1. The molecule has 0 radical (unpaired) electrons. The lowest BCUT2D eigenvalue weighted by Crippen LogP contribution is -2.58. The molecule has 0 aliphatic carbocycles. The molecule has 3 heterocycles. The molecule has 30 heavy (non-hydrogen) atoms. The van der Waals surface area contributed by atoms with Crippen molar-refractivity contribution >= 4 is 23.4 Å². The Morgan fingerprint density at radius 2 is 2.00 bits per heavy atom. The number of carbonyl (C=O) groups excluding carboxylic acids is 3. The van der Waals surface area contributed by atoms with Gasteiger partial charge in [0.1, 0.15) is 11.7 Å². The molecule has 7 nitrogen and oxygen atoms in total. The van der Waals surface area contributed by atoms with Gasteiger partial charge in [-0.05, 0) is 56.7 Å². The van der Waals surface area contributed by atoms with Crippen molar-refractivity contribution in [2.75, 3.05) is 25.0 Å². The van der Waals surface area contributed by atoms with E-state index < -0.39 is 11.7 Å². The zero-order valence-electron chi connectivity index (χ0n) is 18.2. The molecule has 3 aliphatic rings. The first kappa shape index (κ1) is 20.7. The van der Waals surface area contributed by atoms with Crippen molar-refractivity contribution in [3.8, 4) is 0 Å². The van der Waals surface area contributed by atoms with Gasteiger partial charge in [-0.2, -0.15) is 0 Å². The molecular formula is C23H32N4O3. The molecule has 1 aromatic rings. The van der Waals surface area contributed by atoms with E-state index in [-0.39, 0.29) is 17.7 Å². The molecule has 1 spiro atoms. The summed E-state index contributed by atoms with van der Waals surface area (Å²) in [6, 6.07) is 5.25. The number of fused-ring (bicyclic) bond motifs is 1. The van der Waals surface area contributed by atoms with Crippen molar-refractivity contribution in [3.05, 3.63) is 29.3 Å². The average Bonchev–Trinajstić information content (AvgIpc) is 2.86. The molecule has 3 unspecified atom stereocenters. The molecule has 2 N–H and O–H groups in total. The first-order chi connectivity index (χ1) is 14.3. The van der Waals surface area contributed by atoms with Gasteiger partial charge < -0.3 is 20.4 Å². The van der Waals surface area contributed by atoms with E-state index in [1.807, 2.05) is 36.9 Å². The molecule has 1 aromatic carbocycles. The van der Waals surface area contributed by atoms with Crippen LogP contribution >= 0.6 is 0 Å². The molecule has 7 heteroatoms. The summed E-state index contributed by atoms with van der Waals surface area (Å²) >= 11 is 0. The van der Waals surface area contributed by atoms with Gasteiger partial charge in [0.25, 0.3) is 5.91 Å². The summed E-state index contributed by atoms with van der Waals surface area (Å²) in [6.07, 6.45) is 3.53. The van der Waals surface area contributed by atoms with Crippen LogP contribution in [0.2, 0.25) is 0 Å². The van der Waals surface area contributed by atoms with Crippen molar-refractivity contribution in [2.45, 2.75) is 64.6 Å². The van der Waals surface area contributed by atoms with Crippen LogP contribution in [0, 0.1) is 12.8 Å². The standard InChI is InChI=1S/C23H32N4O3/c1-15-6-7-18-19(13-15)24-23(25-21(18)29)9-8-20(28)27(12-10-23)17(3)22(30)26-11-4-5-16(2)14-26/h6-7,13,16-17,24H,4-5,8-12,14H2,1-3H3,(H,25,29). The van der Waals surface area contributed by atoms with Crippen LogP contribution < -0.4 is 10.6 Å². The molecule has 0 aromatic heterocycles. The smallest absolute Gasteiger partial charge is 0.255 e. The number of nitrogens with one attached hydrogen (secondary N) is 2. The van der Waals surface area contributed by atoms with E-state index in [1.165, 1.54) is 0 Å². The Hall–Kier alpha value is -2.57. The van der Waals surface area contributed by atoms with Crippen LogP contribution in [-0.4, -0.2) is 58.9 Å². The summed E-state index contributed by atoms with van der Waals surface area (Å²) in [5.74, 6) is 0.399. The highest BCUT2D eigenvalue weighted by Gasteiger charge is 2.42. The van der Waals surface area contributed by atoms with Crippen molar-refractivity contribution in [1.82, 2.24) is 15.1 Å². The summed E-state index contributed by atoms with van der Waals surface area (Å²) in [6.45, 7) is 7.97. The fraction of sp³-hybridized carbons (Fsp3) is 0.609. The maximum absolute atomic E-state index is 13.1. The fourth-order valence-electron chi connectivity index (χ4n) is 5.00. The molecule has 162 valence electrons. The van der Waals surface area contributed by atoms with Crippen LogP contribution in [0.4, 0.5) is 5.69 Å². The number of anilines is 1. The largest absolute Gasteiger partial charge is 0.362 e. The maximum atomic E-state index is 13.1. The minimum atomic E-state index is -0.662. The molecule has 0 bridgehead atoms. The second-order valence-electron chi connectivity index (χ2n) is 9.26. The number of likely N-dealkylation sites (tertiary alicyclic amines) is 2. The lowest BCUT2D eigenvalue weighted by Gasteiger charge is -2.40. The second-order valence-corrected chi connectivity index (χ2v) is 9.26. The summed E-state index contributed by atoms with van der Waals surface area (Å²) in [5, 5.41) is 6.60. The van der Waals surface area contributed by atoms with E-state index in [1.54, 1.807) is 4.90 Å². The van der Waals surface area contributed by atoms with Gasteiger partial charge in [0.05, 0.1) is 5.56 Å². The molecule has 0 saturated carbocycles. The summed E-state index contributed by atoms with van der Waals surface area (Å²) in [5.41, 5.74) is 1.85. The Morgan fingerprint density at radius 1 is 1.20 bits per heavy atom. The molecule has 3 amide bonds. The van der Waals surface area contributed by atoms with Crippen LogP contribution in [0.15, 0.2) is 18.2 Å². The van der Waals surface area contributed by atoms with Crippen LogP contribution in [-0.2, 0) is 9.59 Å². The van der Waals surface area contributed by atoms with Crippen LogP contribution in [0.5, 0.6) is 0 Å². The zero-order chi connectivity index (χ0) is 21.5. The summed E-state index contributed by atoms with van der Waals surface area (Å²) < 4.78 is 0. The highest BCUT2D eigenvalue weighted by molar-refractivity contribution is 6.02. The Bertz CT molecular complexity index is 870. The van der Waals surface area contributed by atoms with Gasteiger partial charge in [-0.3, -0.25) is 14.4 Å². The minimum Gasteiger partial charge on any atom is -0.362 e. The van der Waals surface area contributed by atoms with Gasteiger partial charge in [-0.25, -0.2) is 0 Å². The molecule has 2 fully saturated rings. The van der Waals surface area contributed by atoms with Gasteiger partial charge in [0.2, 0.25) is 11.8 Å². The van der Waals surface area contributed by atoms with E-state index in [2.05, 4.69) is 17.6 Å². The van der Waals surface area contributed by atoms with Crippen LogP contribution in [0.1, 0.15) is 61.9 Å². The van der Waals surface area contributed by atoms with Gasteiger partial charge >= 0.3 is 0 Å². The normalized spacial score (nSPS) is 27.8. The Labute approximate surface area is 178 Å². The highest BCUT2D eigenvalue weighted by atomic mass is 16.2. The second kappa shape index (κ2) is 7.93. The van der Waals surface area contributed by atoms with Crippen molar-refractivity contribution < 1.29 is 14.4 Å². The van der Waals surface area contributed by atoms with E-state index >= 15 is 0 Å². The minimum absolute atomic E-state index is 0.0242. The van der Waals surface area contributed by atoms with E-state index in [0.717, 1.165) is 37.2 Å². The zero-order valence-corrected chi connectivity index (χ0v) is 18.2. The molecule has 3 atom stereocenters. The average molecular weight is 413 g/mol. The Kier molecular flexibility index (Phi) is 5.47. The third-order valence-electron chi connectivity index (χ3n) is 6.81. The SMILES string of the molecule is Cc1ccc2c(c1)NC1(CCC(=O)N(C(C)C(=O)N3CCCC(C)C3)CC1)NC2=O.